The Balaban J connectivity index is 4.39. The Hall–Kier alpha value is -3.67. The molecule has 0 bridgehead atoms. The van der Waals surface area contributed by atoms with Crippen LogP contribution in [0.15, 0.2) is 97.2 Å². The second-order valence-electron chi connectivity index (χ2n) is 21.6. The average molecular weight is 1070 g/mol. The average Bonchev–Trinajstić information content (AvgIpc) is 3.43. The SMILES string of the molecule is CC/C=C\C/C=C\C/C=C\C/C=C\C/C=C\C/C=C\CCCCC(=O)OC(COC(=O)CCCCCCC/C=C\C/C=C\CCCC)COC(=O)CCCCCCCCCCCCCCCCCCCCCCCCCC. The van der Waals surface area contributed by atoms with Crippen LogP contribution in [-0.4, -0.2) is 37.2 Å². The van der Waals surface area contributed by atoms with E-state index in [0.717, 1.165) is 116 Å². The van der Waals surface area contributed by atoms with Gasteiger partial charge in [0.2, 0.25) is 0 Å². The molecule has 0 aromatic rings. The molecule has 0 fully saturated rings. The minimum Gasteiger partial charge on any atom is -0.462 e. The van der Waals surface area contributed by atoms with Gasteiger partial charge in [0.05, 0.1) is 0 Å². The summed E-state index contributed by atoms with van der Waals surface area (Å²) >= 11 is 0. The van der Waals surface area contributed by atoms with E-state index < -0.39 is 6.10 Å². The first-order valence-electron chi connectivity index (χ1n) is 32.7. The zero-order valence-electron chi connectivity index (χ0n) is 50.7. The highest BCUT2D eigenvalue weighted by atomic mass is 16.6. The fourth-order valence-corrected chi connectivity index (χ4v) is 9.17. The molecule has 0 aliphatic heterocycles. The van der Waals surface area contributed by atoms with E-state index >= 15 is 0 Å². The lowest BCUT2D eigenvalue weighted by atomic mass is 10.0. The van der Waals surface area contributed by atoms with Gasteiger partial charge in [0, 0.05) is 19.3 Å². The highest BCUT2D eigenvalue weighted by Gasteiger charge is 2.19. The molecule has 0 spiro atoms. The molecule has 0 amide bonds. The molecule has 6 nitrogen and oxygen atoms in total. The quantitative estimate of drug-likeness (QED) is 0.0261. The van der Waals surface area contributed by atoms with Crippen LogP contribution in [0.2, 0.25) is 0 Å². The van der Waals surface area contributed by atoms with E-state index in [2.05, 4.69) is 118 Å². The Kier molecular flexibility index (Phi) is 61.8. The third-order valence-corrected chi connectivity index (χ3v) is 14.1. The molecule has 1 atom stereocenters. The molecule has 0 saturated carbocycles. The van der Waals surface area contributed by atoms with Gasteiger partial charge < -0.3 is 14.2 Å². The molecule has 0 radical (unpaired) electrons. The standard InChI is InChI=1S/C71H122O6/c1-4-7-10-13-16-19-22-25-28-30-32-34-35-36-38-39-41-43-46-49-52-55-58-61-64-70(73)76-67-68(66-75-69(72)63-60-57-54-51-48-45-27-24-21-18-15-12-9-6-3)77-71(74)65-62-59-56-53-50-47-44-42-40-37-33-31-29-26-23-20-17-14-11-8-5-2/h8,11,15,17-18,20,24,26-27,29,33,37,42,44,50,53,68H,4-7,9-10,12-14,16,19,21-23,25,28,30-32,34-36,38-41,43,45-49,51-52,54-67H2,1-3H3/b11-8-,18-15-,20-17-,27-24-,29-26-,37-33-,44-42-,53-50-. The largest absolute Gasteiger partial charge is 0.462 e. The molecule has 0 saturated heterocycles. The Bertz CT molecular complexity index is 1510. The van der Waals surface area contributed by atoms with Crippen molar-refractivity contribution in [1.82, 2.24) is 0 Å². The number of esters is 3. The van der Waals surface area contributed by atoms with Crippen LogP contribution in [0.4, 0.5) is 0 Å². The summed E-state index contributed by atoms with van der Waals surface area (Å²) in [6.45, 7) is 6.47. The molecule has 6 heteroatoms. The molecular weight excluding hydrogens is 949 g/mol. The monoisotopic (exact) mass is 1070 g/mol. The third-order valence-electron chi connectivity index (χ3n) is 14.1. The van der Waals surface area contributed by atoms with E-state index in [1.54, 1.807) is 0 Å². The molecule has 0 N–H and O–H groups in total. The summed E-state index contributed by atoms with van der Waals surface area (Å²) in [6.07, 6.45) is 87.1. The zero-order valence-corrected chi connectivity index (χ0v) is 50.7. The Morgan fingerprint density at radius 1 is 0.273 bits per heavy atom. The van der Waals surface area contributed by atoms with Crippen LogP contribution in [0.5, 0.6) is 0 Å². The normalized spacial score (nSPS) is 12.7. The number of rotatable bonds is 59. The topological polar surface area (TPSA) is 78.9 Å². The summed E-state index contributed by atoms with van der Waals surface area (Å²) in [5.74, 6) is -0.945. The van der Waals surface area contributed by atoms with Crippen molar-refractivity contribution in [2.45, 2.75) is 322 Å². The van der Waals surface area contributed by atoms with Crippen LogP contribution < -0.4 is 0 Å². The van der Waals surface area contributed by atoms with Crippen LogP contribution in [-0.2, 0) is 28.6 Å². The maximum Gasteiger partial charge on any atom is 0.306 e. The van der Waals surface area contributed by atoms with Crippen molar-refractivity contribution in [3.8, 4) is 0 Å². The summed E-state index contributed by atoms with van der Waals surface area (Å²) < 4.78 is 16.9. The number of unbranched alkanes of at least 4 members (excludes halogenated alkanes) is 32. The van der Waals surface area contributed by atoms with Gasteiger partial charge in [-0.05, 0) is 96.3 Å². The summed E-state index contributed by atoms with van der Waals surface area (Å²) in [7, 11) is 0. The van der Waals surface area contributed by atoms with Crippen molar-refractivity contribution in [3.63, 3.8) is 0 Å². The molecule has 0 aliphatic carbocycles. The number of carbonyl (C=O) groups is 3. The number of hydrogen-bond acceptors (Lipinski definition) is 6. The van der Waals surface area contributed by atoms with Crippen LogP contribution in [0.3, 0.4) is 0 Å². The van der Waals surface area contributed by atoms with Gasteiger partial charge in [0.25, 0.3) is 0 Å². The van der Waals surface area contributed by atoms with E-state index in [0.29, 0.717) is 19.3 Å². The van der Waals surface area contributed by atoms with Crippen LogP contribution in [0.25, 0.3) is 0 Å². The van der Waals surface area contributed by atoms with E-state index in [9.17, 15) is 14.4 Å². The fourth-order valence-electron chi connectivity index (χ4n) is 9.17. The number of ether oxygens (including phenoxy) is 3. The summed E-state index contributed by atoms with van der Waals surface area (Å²) in [4.78, 5) is 38.3. The Labute approximate surface area is 477 Å². The van der Waals surface area contributed by atoms with Crippen molar-refractivity contribution in [3.05, 3.63) is 97.2 Å². The van der Waals surface area contributed by atoms with Gasteiger partial charge in [-0.2, -0.15) is 0 Å². The lowest BCUT2D eigenvalue weighted by Gasteiger charge is -2.18. The van der Waals surface area contributed by atoms with Crippen molar-refractivity contribution >= 4 is 17.9 Å². The van der Waals surface area contributed by atoms with Gasteiger partial charge in [0.1, 0.15) is 13.2 Å². The molecule has 0 aliphatic rings. The highest BCUT2D eigenvalue weighted by Crippen LogP contribution is 2.17. The van der Waals surface area contributed by atoms with Crippen LogP contribution in [0, 0.1) is 0 Å². The predicted octanol–water partition coefficient (Wildman–Crippen LogP) is 22.4. The van der Waals surface area contributed by atoms with E-state index in [4.69, 9.17) is 14.2 Å². The molecule has 0 aromatic heterocycles. The molecular formula is C71H122O6. The fraction of sp³-hybridized carbons (Fsp3) is 0.732. The third kappa shape index (κ3) is 63.0. The van der Waals surface area contributed by atoms with Crippen molar-refractivity contribution in [2.24, 2.45) is 0 Å². The smallest absolute Gasteiger partial charge is 0.306 e. The Morgan fingerprint density at radius 2 is 0.519 bits per heavy atom. The van der Waals surface area contributed by atoms with Crippen LogP contribution >= 0.6 is 0 Å². The first kappa shape index (κ1) is 73.3. The van der Waals surface area contributed by atoms with Gasteiger partial charge in [-0.3, -0.25) is 14.4 Å². The van der Waals surface area contributed by atoms with E-state index in [-0.39, 0.29) is 37.5 Å². The summed E-state index contributed by atoms with van der Waals surface area (Å²) in [5, 5.41) is 0. The van der Waals surface area contributed by atoms with Gasteiger partial charge in [-0.15, -0.1) is 0 Å². The maximum atomic E-state index is 12.9. The summed E-state index contributed by atoms with van der Waals surface area (Å²) in [6, 6.07) is 0. The second kappa shape index (κ2) is 64.9. The van der Waals surface area contributed by atoms with Crippen molar-refractivity contribution in [1.29, 1.82) is 0 Å². The minimum absolute atomic E-state index is 0.0978. The Morgan fingerprint density at radius 3 is 0.857 bits per heavy atom. The van der Waals surface area contributed by atoms with E-state index in [1.807, 2.05) is 0 Å². The maximum absolute atomic E-state index is 12.9. The van der Waals surface area contributed by atoms with Gasteiger partial charge in [0.15, 0.2) is 6.10 Å². The number of allylic oxidation sites excluding steroid dienone is 16. The predicted molar refractivity (Wildman–Crippen MR) is 334 cm³/mol. The van der Waals surface area contributed by atoms with E-state index in [1.165, 1.54) is 154 Å². The molecule has 0 aromatic carbocycles. The minimum atomic E-state index is -0.808. The van der Waals surface area contributed by atoms with Crippen LogP contribution in [0.1, 0.15) is 316 Å². The van der Waals surface area contributed by atoms with Crippen molar-refractivity contribution in [2.75, 3.05) is 13.2 Å². The molecule has 0 rings (SSSR count). The lowest BCUT2D eigenvalue weighted by molar-refractivity contribution is -0.167. The molecule has 77 heavy (non-hydrogen) atoms. The molecule has 442 valence electrons. The first-order valence-corrected chi connectivity index (χ1v) is 32.7. The summed E-state index contributed by atoms with van der Waals surface area (Å²) in [5.41, 5.74) is 0. The van der Waals surface area contributed by atoms with Gasteiger partial charge in [-0.25, -0.2) is 0 Å². The van der Waals surface area contributed by atoms with Crippen molar-refractivity contribution < 1.29 is 28.6 Å². The number of carbonyl (C=O) groups excluding carboxylic acids is 3. The van der Waals surface area contributed by atoms with Gasteiger partial charge in [-0.1, -0.05) is 298 Å². The first-order chi connectivity index (χ1) is 38.0. The molecule has 0 heterocycles. The second-order valence-corrected chi connectivity index (χ2v) is 21.6. The number of hydrogen-bond donors (Lipinski definition) is 0. The van der Waals surface area contributed by atoms with Gasteiger partial charge >= 0.3 is 17.9 Å². The highest BCUT2D eigenvalue weighted by molar-refractivity contribution is 5.71. The lowest BCUT2D eigenvalue weighted by Crippen LogP contribution is -2.30. The zero-order chi connectivity index (χ0) is 55.7. The molecule has 1 unspecified atom stereocenters.